The first-order valence-corrected chi connectivity index (χ1v) is 6.50. The molecule has 0 spiro atoms. The third-order valence-corrected chi connectivity index (χ3v) is 3.88. The summed E-state index contributed by atoms with van der Waals surface area (Å²) in [5, 5.41) is 4.53. The van der Waals surface area contributed by atoms with Gasteiger partial charge in [-0.3, -0.25) is 4.79 Å². The van der Waals surface area contributed by atoms with Gasteiger partial charge in [-0.25, -0.2) is 0 Å². The molecule has 1 aliphatic heterocycles. The molecule has 0 aliphatic carbocycles. The van der Waals surface area contributed by atoms with Gasteiger partial charge in [0.2, 0.25) is 0 Å². The zero-order valence-corrected chi connectivity index (χ0v) is 10.9. The van der Waals surface area contributed by atoms with Gasteiger partial charge in [-0.1, -0.05) is 18.2 Å². The lowest BCUT2D eigenvalue weighted by Gasteiger charge is -2.19. The van der Waals surface area contributed by atoms with Crippen molar-refractivity contribution in [1.29, 1.82) is 0 Å². The summed E-state index contributed by atoms with van der Waals surface area (Å²) in [5.74, 6) is 0. The third kappa shape index (κ3) is 1.66. The third-order valence-electron chi connectivity index (χ3n) is 3.88. The molecular formula is C15H18N2O. The number of hydrogen-bond donors (Lipinski definition) is 1. The van der Waals surface area contributed by atoms with Gasteiger partial charge < -0.3 is 9.88 Å². The normalized spacial score (nSPS) is 19.6. The van der Waals surface area contributed by atoms with Gasteiger partial charge in [0.05, 0.1) is 11.6 Å². The van der Waals surface area contributed by atoms with Crippen molar-refractivity contribution >= 4 is 10.9 Å². The van der Waals surface area contributed by atoms with Crippen LogP contribution < -0.4 is 10.9 Å². The van der Waals surface area contributed by atoms with E-state index >= 15 is 0 Å². The molecule has 2 heterocycles. The van der Waals surface area contributed by atoms with Crippen LogP contribution in [0.1, 0.15) is 23.6 Å². The van der Waals surface area contributed by atoms with Gasteiger partial charge in [0, 0.05) is 18.0 Å². The number of aromatic nitrogens is 1. The zero-order valence-electron chi connectivity index (χ0n) is 10.9. The van der Waals surface area contributed by atoms with Crippen molar-refractivity contribution < 1.29 is 0 Å². The summed E-state index contributed by atoms with van der Waals surface area (Å²) in [5.41, 5.74) is 3.49. The van der Waals surface area contributed by atoms with Crippen molar-refractivity contribution in [2.45, 2.75) is 26.3 Å². The van der Waals surface area contributed by atoms with Crippen molar-refractivity contribution in [3.05, 3.63) is 45.7 Å². The quantitative estimate of drug-likeness (QED) is 0.831. The van der Waals surface area contributed by atoms with Crippen molar-refractivity contribution in [2.24, 2.45) is 0 Å². The fourth-order valence-corrected chi connectivity index (χ4v) is 2.96. The standard InChI is InChI=1S/C15H18N2O/c1-10-4-3-5-13-11(2)8-14(18)17(15(10)13)12-6-7-16-9-12/h3-5,8,12,16H,6-7,9H2,1-2H3. The van der Waals surface area contributed by atoms with Gasteiger partial charge in [-0.2, -0.15) is 0 Å². The molecule has 0 amide bonds. The number of aryl methyl sites for hydroxylation is 2. The van der Waals surface area contributed by atoms with E-state index in [4.69, 9.17) is 0 Å². The van der Waals surface area contributed by atoms with Crippen LogP contribution in [0.15, 0.2) is 29.1 Å². The van der Waals surface area contributed by atoms with Crippen LogP contribution in [0.25, 0.3) is 10.9 Å². The number of rotatable bonds is 1. The number of hydrogen-bond acceptors (Lipinski definition) is 2. The molecule has 3 rings (SSSR count). The van der Waals surface area contributed by atoms with Gasteiger partial charge in [0.1, 0.15) is 0 Å². The molecule has 1 saturated heterocycles. The second kappa shape index (κ2) is 4.25. The van der Waals surface area contributed by atoms with Crippen LogP contribution in [0.3, 0.4) is 0 Å². The lowest BCUT2D eigenvalue weighted by Crippen LogP contribution is -2.27. The SMILES string of the molecule is Cc1cc(=O)n(C2CCNC2)c2c(C)cccc12. The van der Waals surface area contributed by atoms with Crippen LogP contribution in [0, 0.1) is 13.8 Å². The number of nitrogens with zero attached hydrogens (tertiary/aromatic N) is 1. The molecule has 0 saturated carbocycles. The maximum atomic E-state index is 12.3. The topological polar surface area (TPSA) is 34.0 Å². The van der Waals surface area contributed by atoms with Gasteiger partial charge in [0.15, 0.2) is 0 Å². The van der Waals surface area contributed by atoms with E-state index in [2.05, 4.69) is 30.4 Å². The molecule has 1 aliphatic rings. The van der Waals surface area contributed by atoms with Crippen molar-refractivity contribution in [3.8, 4) is 0 Å². The van der Waals surface area contributed by atoms with E-state index in [1.807, 2.05) is 11.5 Å². The van der Waals surface area contributed by atoms with Crippen LogP contribution in [0.5, 0.6) is 0 Å². The maximum absolute atomic E-state index is 12.3. The fraction of sp³-hybridized carbons (Fsp3) is 0.400. The Hall–Kier alpha value is -1.61. The Balaban J connectivity index is 2.38. The van der Waals surface area contributed by atoms with E-state index in [0.717, 1.165) is 30.6 Å². The van der Waals surface area contributed by atoms with E-state index < -0.39 is 0 Å². The first-order chi connectivity index (χ1) is 8.68. The van der Waals surface area contributed by atoms with Gasteiger partial charge in [-0.15, -0.1) is 0 Å². The molecule has 1 atom stereocenters. The summed E-state index contributed by atoms with van der Waals surface area (Å²) in [6, 6.07) is 8.31. The number of fused-ring (bicyclic) bond motifs is 1. The van der Waals surface area contributed by atoms with E-state index in [1.165, 1.54) is 10.9 Å². The highest BCUT2D eigenvalue weighted by molar-refractivity contribution is 5.85. The summed E-state index contributed by atoms with van der Waals surface area (Å²) in [6.07, 6.45) is 1.03. The first kappa shape index (κ1) is 11.5. The molecule has 0 radical (unpaired) electrons. The number of para-hydroxylation sites is 1. The van der Waals surface area contributed by atoms with Crippen molar-refractivity contribution in [1.82, 2.24) is 9.88 Å². The van der Waals surface area contributed by atoms with Crippen LogP contribution in [0.4, 0.5) is 0 Å². The molecule has 1 aromatic heterocycles. The van der Waals surface area contributed by atoms with Crippen molar-refractivity contribution in [2.75, 3.05) is 13.1 Å². The summed E-state index contributed by atoms with van der Waals surface area (Å²) in [7, 11) is 0. The van der Waals surface area contributed by atoms with Gasteiger partial charge in [-0.05, 0) is 37.9 Å². The molecule has 0 bridgehead atoms. The number of pyridine rings is 1. The van der Waals surface area contributed by atoms with Crippen LogP contribution >= 0.6 is 0 Å². The van der Waals surface area contributed by atoms with Crippen LogP contribution in [-0.4, -0.2) is 17.7 Å². The number of benzene rings is 1. The molecule has 2 aromatic rings. The minimum absolute atomic E-state index is 0.128. The second-order valence-corrected chi connectivity index (χ2v) is 5.15. The Morgan fingerprint density at radius 2 is 2.11 bits per heavy atom. The smallest absolute Gasteiger partial charge is 0.251 e. The molecule has 94 valence electrons. The molecule has 18 heavy (non-hydrogen) atoms. The average molecular weight is 242 g/mol. The minimum Gasteiger partial charge on any atom is -0.315 e. The summed E-state index contributed by atoms with van der Waals surface area (Å²) in [6.45, 7) is 5.99. The van der Waals surface area contributed by atoms with Crippen molar-refractivity contribution in [3.63, 3.8) is 0 Å². The molecule has 1 aromatic carbocycles. The first-order valence-electron chi connectivity index (χ1n) is 6.50. The zero-order chi connectivity index (χ0) is 12.7. The van der Waals surface area contributed by atoms with Crippen LogP contribution in [0.2, 0.25) is 0 Å². The second-order valence-electron chi connectivity index (χ2n) is 5.15. The molecule has 3 nitrogen and oxygen atoms in total. The lowest BCUT2D eigenvalue weighted by molar-refractivity contribution is 0.546. The number of nitrogens with one attached hydrogen (secondary N) is 1. The monoisotopic (exact) mass is 242 g/mol. The highest BCUT2D eigenvalue weighted by atomic mass is 16.1. The van der Waals surface area contributed by atoms with E-state index in [0.29, 0.717) is 6.04 Å². The van der Waals surface area contributed by atoms with Gasteiger partial charge >= 0.3 is 0 Å². The Labute approximate surface area is 106 Å². The van der Waals surface area contributed by atoms with Gasteiger partial charge in [0.25, 0.3) is 5.56 Å². The Morgan fingerprint density at radius 3 is 2.83 bits per heavy atom. The molecular weight excluding hydrogens is 224 g/mol. The largest absolute Gasteiger partial charge is 0.315 e. The summed E-state index contributed by atoms with van der Waals surface area (Å²) < 4.78 is 1.98. The van der Waals surface area contributed by atoms with E-state index in [-0.39, 0.29) is 5.56 Å². The highest BCUT2D eigenvalue weighted by Crippen LogP contribution is 2.24. The Kier molecular flexibility index (Phi) is 2.71. The minimum atomic E-state index is 0.128. The predicted molar refractivity (Wildman–Crippen MR) is 74.2 cm³/mol. The van der Waals surface area contributed by atoms with E-state index in [1.54, 1.807) is 6.07 Å². The summed E-state index contributed by atoms with van der Waals surface area (Å²) >= 11 is 0. The predicted octanol–water partition coefficient (Wildman–Crippen LogP) is 2.15. The Bertz CT molecular complexity index is 651. The Morgan fingerprint density at radius 1 is 1.28 bits per heavy atom. The highest BCUT2D eigenvalue weighted by Gasteiger charge is 2.20. The lowest BCUT2D eigenvalue weighted by atomic mass is 10.0. The molecule has 1 N–H and O–H groups in total. The molecule has 3 heteroatoms. The van der Waals surface area contributed by atoms with E-state index in [9.17, 15) is 4.79 Å². The van der Waals surface area contributed by atoms with Crippen LogP contribution in [-0.2, 0) is 0 Å². The molecule has 1 unspecified atom stereocenters. The fourth-order valence-electron chi connectivity index (χ4n) is 2.96. The average Bonchev–Trinajstić information content (AvgIpc) is 2.84. The molecule has 1 fully saturated rings. The summed E-state index contributed by atoms with van der Waals surface area (Å²) in [4.78, 5) is 12.3. The maximum Gasteiger partial charge on any atom is 0.251 e.